The van der Waals surface area contributed by atoms with Gasteiger partial charge in [0.15, 0.2) is 0 Å². The van der Waals surface area contributed by atoms with Crippen LogP contribution in [0.3, 0.4) is 0 Å². The van der Waals surface area contributed by atoms with Crippen LogP contribution in [-0.2, 0) is 0 Å². The maximum Gasteiger partial charge on any atom is 0.259 e. The minimum absolute atomic E-state index is 0.0967. The third-order valence-corrected chi connectivity index (χ3v) is 3.19. The van der Waals surface area contributed by atoms with E-state index in [2.05, 4.69) is 9.97 Å². The van der Waals surface area contributed by atoms with Gasteiger partial charge in [-0.25, -0.2) is 4.98 Å². The van der Waals surface area contributed by atoms with Crippen molar-refractivity contribution in [2.24, 2.45) is 0 Å². The first-order chi connectivity index (χ1) is 9.13. The van der Waals surface area contributed by atoms with Gasteiger partial charge in [-0.3, -0.25) is 4.79 Å². The summed E-state index contributed by atoms with van der Waals surface area (Å²) in [6.45, 7) is 4.03. The number of hydrogen-bond donors (Lipinski definition) is 1. The lowest BCUT2D eigenvalue weighted by Crippen LogP contribution is -2.09. The van der Waals surface area contributed by atoms with Crippen LogP contribution in [0, 0.1) is 13.8 Å². The summed E-state index contributed by atoms with van der Waals surface area (Å²) in [5.41, 5.74) is 3.84. The number of fused-ring (bicyclic) bond motifs is 1. The molecule has 3 aromatic rings. The van der Waals surface area contributed by atoms with Gasteiger partial charge < -0.3 is 4.98 Å². The zero-order valence-electron chi connectivity index (χ0n) is 10.9. The average molecular weight is 250 g/mol. The van der Waals surface area contributed by atoms with Crippen LogP contribution < -0.4 is 5.56 Å². The van der Waals surface area contributed by atoms with Crippen molar-refractivity contribution in [1.29, 1.82) is 0 Å². The fraction of sp³-hybridized carbons (Fsp3) is 0.125. The molecule has 0 radical (unpaired) electrons. The molecule has 3 rings (SSSR count). The van der Waals surface area contributed by atoms with Crippen LogP contribution >= 0.6 is 0 Å². The lowest BCUT2D eigenvalue weighted by molar-refractivity contribution is 1.17. The molecule has 1 N–H and O–H groups in total. The summed E-state index contributed by atoms with van der Waals surface area (Å²) in [4.78, 5) is 19.4. The van der Waals surface area contributed by atoms with Gasteiger partial charge in [-0.05, 0) is 31.5 Å². The van der Waals surface area contributed by atoms with Crippen molar-refractivity contribution in [2.45, 2.75) is 13.8 Å². The molecular formula is C16H14N2O. The Bertz CT molecular complexity index is 801. The Morgan fingerprint density at radius 3 is 2.37 bits per heavy atom. The van der Waals surface area contributed by atoms with Gasteiger partial charge in [0.2, 0.25) is 0 Å². The summed E-state index contributed by atoms with van der Waals surface area (Å²) in [6.07, 6.45) is 0. The van der Waals surface area contributed by atoms with E-state index in [0.717, 1.165) is 16.6 Å². The highest BCUT2D eigenvalue weighted by atomic mass is 16.1. The Kier molecular flexibility index (Phi) is 2.67. The predicted octanol–water partition coefficient (Wildman–Crippen LogP) is 3.21. The molecule has 0 aliphatic heterocycles. The van der Waals surface area contributed by atoms with Gasteiger partial charge in [0.1, 0.15) is 5.82 Å². The first-order valence-electron chi connectivity index (χ1n) is 6.21. The quantitative estimate of drug-likeness (QED) is 0.720. The van der Waals surface area contributed by atoms with Gasteiger partial charge in [-0.15, -0.1) is 0 Å². The molecule has 0 atom stereocenters. The van der Waals surface area contributed by atoms with Crippen molar-refractivity contribution in [2.75, 3.05) is 0 Å². The number of H-pyrrole nitrogens is 1. The third-order valence-electron chi connectivity index (χ3n) is 3.19. The fourth-order valence-corrected chi connectivity index (χ4v) is 2.10. The zero-order valence-corrected chi connectivity index (χ0v) is 10.9. The Labute approximate surface area is 111 Å². The summed E-state index contributed by atoms with van der Waals surface area (Å²) in [6, 6.07) is 13.6. The Morgan fingerprint density at radius 2 is 1.63 bits per heavy atom. The highest BCUT2D eigenvalue weighted by molar-refractivity contribution is 5.80. The number of aryl methyl sites for hydroxylation is 2. The predicted molar refractivity (Wildman–Crippen MR) is 77.3 cm³/mol. The lowest BCUT2D eigenvalue weighted by Gasteiger charge is -2.04. The van der Waals surface area contributed by atoms with Crippen LogP contribution in [0.1, 0.15) is 11.1 Å². The lowest BCUT2D eigenvalue weighted by atomic mass is 10.1. The van der Waals surface area contributed by atoms with Crippen LogP contribution in [0.4, 0.5) is 0 Å². The van der Waals surface area contributed by atoms with Crippen molar-refractivity contribution in [3.8, 4) is 11.4 Å². The van der Waals surface area contributed by atoms with E-state index in [-0.39, 0.29) is 5.56 Å². The molecule has 0 amide bonds. The van der Waals surface area contributed by atoms with E-state index in [0.29, 0.717) is 11.2 Å². The minimum Gasteiger partial charge on any atom is -0.306 e. The van der Waals surface area contributed by atoms with Crippen molar-refractivity contribution >= 4 is 10.9 Å². The summed E-state index contributed by atoms with van der Waals surface area (Å²) in [5.74, 6) is 0.614. The van der Waals surface area contributed by atoms with Gasteiger partial charge in [0.05, 0.1) is 10.9 Å². The number of benzene rings is 2. The van der Waals surface area contributed by atoms with Crippen molar-refractivity contribution in [1.82, 2.24) is 9.97 Å². The van der Waals surface area contributed by atoms with Gasteiger partial charge in [-0.1, -0.05) is 35.9 Å². The molecule has 3 nitrogen and oxygen atoms in total. The highest BCUT2D eigenvalue weighted by Crippen LogP contribution is 2.17. The SMILES string of the molecule is Cc1ccc(-c2nc3cc(C)ccc3c(=O)[nH]2)cc1. The van der Waals surface area contributed by atoms with E-state index in [9.17, 15) is 4.79 Å². The molecule has 0 saturated heterocycles. The highest BCUT2D eigenvalue weighted by Gasteiger charge is 2.05. The molecule has 2 aromatic carbocycles. The summed E-state index contributed by atoms with van der Waals surface area (Å²) < 4.78 is 0. The summed E-state index contributed by atoms with van der Waals surface area (Å²) in [7, 11) is 0. The van der Waals surface area contributed by atoms with Gasteiger partial charge in [0.25, 0.3) is 5.56 Å². The number of aromatic amines is 1. The van der Waals surface area contributed by atoms with Crippen molar-refractivity contribution in [3.05, 3.63) is 63.9 Å². The first-order valence-corrected chi connectivity index (χ1v) is 6.21. The molecule has 0 bridgehead atoms. The maximum atomic E-state index is 12.1. The van der Waals surface area contributed by atoms with Crippen LogP contribution in [0.2, 0.25) is 0 Å². The first kappa shape index (κ1) is 11.7. The molecule has 1 aromatic heterocycles. The number of nitrogens with zero attached hydrogens (tertiary/aromatic N) is 1. The van der Waals surface area contributed by atoms with E-state index in [1.165, 1.54) is 5.56 Å². The largest absolute Gasteiger partial charge is 0.306 e. The molecule has 0 spiro atoms. The van der Waals surface area contributed by atoms with Crippen LogP contribution in [-0.4, -0.2) is 9.97 Å². The summed E-state index contributed by atoms with van der Waals surface area (Å²) in [5, 5.41) is 0.626. The molecule has 19 heavy (non-hydrogen) atoms. The Morgan fingerprint density at radius 1 is 0.947 bits per heavy atom. The summed E-state index contributed by atoms with van der Waals surface area (Å²) >= 11 is 0. The van der Waals surface area contributed by atoms with Gasteiger partial charge in [-0.2, -0.15) is 0 Å². The van der Waals surface area contributed by atoms with Gasteiger partial charge in [0, 0.05) is 5.56 Å². The second-order valence-corrected chi connectivity index (χ2v) is 4.80. The van der Waals surface area contributed by atoms with Crippen molar-refractivity contribution in [3.63, 3.8) is 0 Å². The number of aromatic nitrogens is 2. The molecule has 94 valence electrons. The number of hydrogen-bond acceptors (Lipinski definition) is 2. The topological polar surface area (TPSA) is 45.8 Å². The number of rotatable bonds is 1. The van der Waals surface area contributed by atoms with Gasteiger partial charge >= 0.3 is 0 Å². The Hall–Kier alpha value is -2.42. The van der Waals surface area contributed by atoms with E-state index in [4.69, 9.17) is 0 Å². The van der Waals surface area contributed by atoms with E-state index in [1.54, 1.807) is 0 Å². The molecule has 1 heterocycles. The van der Waals surface area contributed by atoms with Crippen LogP contribution in [0.25, 0.3) is 22.3 Å². The van der Waals surface area contributed by atoms with E-state index < -0.39 is 0 Å². The number of nitrogens with one attached hydrogen (secondary N) is 1. The molecule has 0 aliphatic rings. The second-order valence-electron chi connectivity index (χ2n) is 4.80. The van der Waals surface area contributed by atoms with Crippen molar-refractivity contribution < 1.29 is 0 Å². The molecule has 0 saturated carbocycles. The molecule has 0 fully saturated rings. The van der Waals surface area contributed by atoms with Crippen LogP contribution in [0.5, 0.6) is 0 Å². The molecule has 3 heteroatoms. The monoisotopic (exact) mass is 250 g/mol. The second kappa shape index (κ2) is 4.35. The molecular weight excluding hydrogens is 236 g/mol. The molecule has 0 unspecified atom stereocenters. The normalized spacial score (nSPS) is 10.8. The Balaban J connectivity index is 2.25. The maximum absolute atomic E-state index is 12.1. The fourth-order valence-electron chi connectivity index (χ4n) is 2.10. The zero-order chi connectivity index (χ0) is 13.4. The smallest absolute Gasteiger partial charge is 0.259 e. The van der Waals surface area contributed by atoms with E-state index in [1.807, 2.05) is 56.3 Å². The third kappa shape index (κ3) is 2.15. The minimum atomic E-state index is -0.0967. The standard InChI is InChI=1S/C16H14N2O/c1-10-3-6-12(7-4-10)15-17-14-9-11(2)5-8-13(14)16(19)18-15/h3-9H,1-2H3,(H,17,18,19). The van der Waals surface area contributed by atoms with E-state index >= 15 is 0 Å². The molecule has 0 aliphatic carbocycles. The van der Waals surface area contributed by atoms with Crippen LogP contribution in [0.15, 0.2) is 47.3 Å². The average Bonchev–Trinajstić information content (AvgIpc) is 2.38.